The lowest BCUT2D eigenvalue weighted by atomic mass is 10.2. The van der Waals surface area contributed by atoms with Crippen molar-refractivity contribution in [3.63, 3.8) is 0 Å². The van der Waals surface area contributed by atoms with Crippen LogP contribution in [0.5, 0.6) is 0 Å². The second-order valence-corrected chi connectivity index (χ2v) is 8.34. The van der Waals surface area contributed by atoms with E-state index in [4.69, 9.17) is 0 Å². The molecule has 1 amide bonds. The van der Waals surface area contributed by atoms with Gasteiger partial charge in [0.15, 0.2) is 16.8 Å². The molecular weight excluding hydrogens is 471 g/mol. The van der Waals surface area contributed by atoms with Gasteiger partial charge in [-0.2, -0.15) is 0 Å². The van der Waals surface area contributed by atoms with Crippen molar-refractivity contribution in [3.05, 3.63) is 75.8 Å². The molecule has 0 bridgehead atoms. The van der Waals surface area contributed by atoms with E-state index in [1.165, 1.54) is 30.0 Å². The van der Waals surface area contributed by atoms with Gasteiger partial charge in [-0.15, -0.1) is 10.2 Å². The first-order chi connectivity index (χ1) is 14.4. The molecule has 1 unspecified atom stereocenters. The van der Waals surface area contributed by atoms with E-state index in [0.717, 1.165) is 4.47 Å². The lowest BCUT2D eigenvalue weighted by molar-refractivity contribution is 0.0932. The van der Waals surface area contributed by atoms with Crippen molar-refractivity contribution in [1.82, 2.24) is 20.1 Å². The Morgan fingerprint density at radius 1 is 1.17 bits per heavy atom. The minimum absolute atomic E-state index is 0.0133. The van der Waals surface area contributed by atoms with Gasteiger partial charge in [-0.1, -0.05) is 52.0 Å². The van der Waals surface area contributed by atoms with Gasteiger partial charge in [0.25, 0.3) is 5.91 Å². The maximum Gasteiger partial charge on any atom is 0.254 e. The Morgan fingerprint density at radius 3 is 2.53 bits per heavy atom. The van der Waals surface area contributed by atoms with Crippen LogP contribution in [-0.2, 0) is 6.54 Å². The average molecular weight is 491 g/mol. The van der Waals surface area contributed by atoms with E-state index in [-0.39, 0.29) is 17.1 Å². The molecule has 0 aliphatic rings. The van der Waals surface area contributed by atoms with Crippen molar-refractivity contribution >= 4 is 39.4 Å². The Kier molecular flexibility index (Phi) is 7.38. The molecule has 0 saturated heterocycles. The molecule has 0 spiro atoms. The first-order valence-corrected chi connectivity index (χ1v) is 11.1. The van der Waals surface area contributed by atoms with Crippen LogP contribution in [0, 0.1) is 5.82 Å². The van der Waals surface area contributed by atoms with Gasteiger partial charge in [-0.3, -0.25) is 9.59 Å². The summed E-state index contributed by atoms with van der Waals surface area (Å²) < 4.78 is 16.6. The number of carbonyl (C=O) groups is 2. The van der Waals surface area contributed by atoms with Crippen LogP contribution in [0.4, 0.5) is 4.39 Å². The number of thioether (sulfide) groups is 1. The molecule has 3 aromatic rings. The van der Waals surface area contributed by atoms with Crippen LogP contribution < -0.4 is 5.32 Å². The normalized spacial score (nSPS) is 11.9. The van der Waals surface area contributed by atoms with Gasteiger partial charge >= 0.3 is 0 Å². The molecule has 0 aliphatic heterocycles. The van der Waals surface area contributed by atoms with Crippen molar-refractivity contribution < 1.29 is 14.0 Å². The van der Waals surface area contributed by atoms with Gasteiger partial charge in [0.1, 0.15) is 5.82 Å². The predicted molar refractivity (Wildman–Crippen MR) is 117 cm³/mol. The molecule has 6 nitrogen and oxygen atoms in total. The van der Waals surface area contributed by atoms with Crippen molar-refractivity contribution in [2.75, 3.05) is 5.75 Å². The summed E-state index contributed by atoms with van der Waals surface area (Å²) >= 11 is 4.64. The minimum Gasteiger partial charge on any atom is -0.342 e. The minimum atomic E-state index is -0.582. The topological polar surface area (TPSA) is 76.9 Å². The fourth-order valence-electron chi connectivity index (χ4n) is 2.86. The van der Waals surface area contributed by atoms with Gasteiger partial charge in [0.05, 0.1) is 17.4 Å². The monoisotopic (exact) mass is 490 g/mol. The number of ketones is 1. The highest BCUT2D eigenvalue weighted by Crippen LogP contribution is 2.22. The van der Waals surface area contributed by atoms with E-state index in [2.05, 4.69) is 31.4 Å². The Hall–Kier alpha value is -2.52. The van der Waals surface area contributed by atoms with Crippen molar-refractivity contribution in [2.24, 2.45) is 0 Å². The third kappa shape index (κ3) is 5.14. The van der Waals surface area contributed by atoms with E-state index < -0.39 is 17.8 Å². The van der Waals surface area contributed by atoms with E-state index in [1.54, 1.807) is 25.1 Å². The Bertz CT molecular complexity index is 1060. The largest absolute Gasteiger partial charge is 0.342 e. The summed E-state index contributed by atoms with van der Waals surface area (Å²) in [4.78, 5) is 24.8. The second-order valence-electron chi connectivity index (χ2n) is 6.48. The number of carbonyl (C=O) groups excluding carboxylic acids is 2. The van der Waals surface area contributed by atoms with E-state index >= 15 is 0 Å². The second kappa shape index (κ2) is 9.99. The molecule has 2 aromatic carbocycles. The number of amides is 1. The molecule has 0 aliphatic carbocycles. The molecule has 1 atom stereocenters. The highest BCUT2D eigenvalue weighted by atomic mass is 79.9. The van der Waals surface area contributed by atoms with E-state index in [9.17, 15) is 14.0 Å². The number of benzene rings is 2. The van der Waals surface area contributed by atoms with Crippen LogP contribution in [0.25, 0.3) is 0 Å². The third-order valence-electron chi connectivity index (χ3n) is 4.41. The molecule has 0 radical (unpaired) electrons. The SMILES string of the molecule is CCn1c(SCC(=O)c2ccc(Br)cc2)nnc1C(C)NC(=O)c1ccccc1F. The fraction of sp³-hybridized carbons (Fsp3) is 0.238. The van der Waals surface area contributed by atoms with Crippen LogP contribution in [0.1, 0.15) is 46.4 Å². The zero-order valence-corrected chi connectivity index (χ0v) is 18.8. The van der Waals surface area contributed by atoms with E-state index in [1.807, 2.05) is 23.6 Å². The number of nitrogens with one attached hydrogen (secondary N) is 1. The molecule has 0 fully saturated rings. The van der Waals surface area contributed by atoms with Gasteiger partial charge in [0, 0.05) is 16.6 Å². The number of halogens is 2. The van der Waals surface area contributed by atoms with Crippen LogP contribution >= 0.6 is 27.7 Å². The molecule has 1 heterocycles. The Labute approximate surface area is 186 Å². The van der Waals surface area contributed by atoms with Crippen LogP contribution in [0.15, 0.2) is 58.2 Å². The van der Waals surface area contributed by atoms with Gasteiger partial charge in [0.2, 0.25) is 0 Å². The van der Waals surface area contributed by atoms with Crippen molar-refractivity contribution in [2.45, 2.75) is 31.6 Å². The summed E-state index contributed by atoms with van der Waals surface area (Å²) in [5, 5.41) is 11.7. The standard InChI is InChI=1S/C21H20BrFN4O2S/c1-3-27-19(13(2)24-20(29)16-6-4-5-7-17(16)23)25-26-21(27)30-12-18(28)14-8-10-15(22)11-9-14/h4-11,13H,3,12H2,1-2H3,(H,24,29). The number of nitrogens with zero attached hydrogens (tertiary/aromatic N) is 3. The smallest absolute Gasteiger partial charge is 0.254 e. The van der Waals surface area contributed by atoms with Crippen LogP contribution in [0.2, 0.25) is 0 Å². The molecular formula is C21H20BrFN4O2S. The van der Waals surface area contributed by atoms with Crippen molar-refractivity contribution in [1.29, 1.82) is 0 Å². The molecule has 156 valence electrons. The molecule has 30 heavy (non-hydrogen) atoms. The highest BCUT2D eigenvalue weighted by molar-refractivity contribution is 9.10. The Morgan fingerprint density at radius 2 is 1.87 bits per heavy atom. The lowest BCUT2D eigenvalue weighted by Gasteiger charge is -2.15. The molecule has 1 aromatic heterocycles. The molecule has 1 N–H and O–H groups in total. The molecule has 3 rings (SSSR count). The fourth-order valence-corrected chi connectivity index (χ4v) is 4.03. The maximum absolute atomic E-state index is 13.8. The third-order valence-corrected chi connectivity index (χ3v) is 5.91. The van der Waals surface area contributed by atoms with Gasteiger partial charge in [-0.25, -0.2) is 4.39 Å². The molecule has 9 heteroatoms. The summed E-state index contributed by atoms with van der Waals surface area (Å²) in [5.74, 6) is -0.357. The zero-order valence-electron chi connectivity index (χ0n) is 16.4. The van der Waals surface area contributed by atoms with Crippen LogP contribution in [0.3, 0.4) is 0 Å². The van der Waals surface area contributed by atoms with Crippen LogP contribution in [-0.4, -0.2) is 32.2 Å². The number of hydrogen-bond acceptors (Lipinski definition) is 5. The Balaban J connectivity index is 1.68. The molecule has 0 saturated carbocycles. The van der Waals surface area contributed by atoms with Gasteiger partial charge in [-0.05, 0) is 38.1 Å². The number of aromatic nitrogens is 3. The quantitative estimate of drug-likeness (QED) is 0.366. The number of Topliss-reactive ketones (excluding diaryl/α,β-unsaturated/α-hetero) is 1. The highest BCUT2D eigenvalue weighted by Gasteiger charge is 2.21. The van der Waals surface area contributed by atoms with Crippen molar-refractivity contribution in [3.8, 4) is 0 Å². The van der Waals surface area contributed by atoms with E-state index in [0.29, 0.717) is 23.1 Å². The first kappa shape index (κ1) is 22.2. The number of hydrogen-bond donors (Lipinski definition) is 1. The van der Waals surface area contributed by atoms with Gasteiger partial charge < -0.3 is 9.88 Å². The summed E-state index contributed by atoms with van der Waals surface area (Å²) in [7, 11) is 0. The summed E-state index contributed by atoms with van der Waals surface area (Å²) in [6.45, 7) is 4.26. The predicted octanol–water partition coefficient (Wildman–Crippen LogP) is 4.67. The first-order valence-electron chi connectivity index (χ1n) is 9.30. The summed E-state index contributed by atoms with van der Waals surface area (Å²) in [6, 6.07) is 12.5. The average Bonchev–Trinajstić information content (AvgIpc) is 3.15. The summed E-state index contributed by atoms with van der Waals surface area (Å²) in [5.41, 5.74) is 0.598. The zero-order chi connectivity index (χ0) is 21.7. The maximum atomic E-state index is 13.8. The lowest BCUT2D eigenvalue weighted by Crippen LogP contribution is -2.29. The number of rotatable bonds is 8. The summed E-state index contributed by atoms with van der Waals surface area (Å²) in [6.07, 6.45) is 0.